The normalized spacial score (nSPS) is 18.1. The monoisotopic (exact) mass is 417 g/mol. The quantitative estimate of drug-likeness (QED) is 0.633. The molecule has 0 aromatic carbocycles. The van der Waals surface area contributed by atoms with Crippen molar-refractivity contribution >= 4 is 33.0 Å². The number of likely N-dealkylation sites (tertiary alicyclic amines) is 1. The molecule has 3 aromatic rings. The third-order valence-electron chi connectivity index (χ3n) is 5.41. The Morgan fingerprint density at radius 1 is 1.45 bits per heavy atom. The minimum absolute atomic E-state index is 0.0328. The van der Waals surface area contributed by atoms with Gasteiger partial charge in [-0.3, -0.25) is 18.9 Å². The number of fused-ring (bicyclic) bond motifs is 3. The van der Waals surface area contributed by atoms with E-state index in [-0.39, 0.29) is 36.6 Å². The molecule has 9 heteroatoms. The Bertz CT molecular complexity index is 1080. The van der Waals surface area contributed by atoms with Crippen molar-refractivity contribution in [2.45, 2.75) is 45.2 Å². The zero-order valence-electron chi connectivity index (χ0n) is 16.8. The molecule has 4 rings (SSSR count). The van der Waals surface area contributed by atoms with Gasteiger partial charge in [-0.25, -0.2) is 4.68 Å². The number of piperidine rings is 1. The van der Waals surface area contributed by atoms with Crippen molar-refractivity contribution in [2.24, 2.45) is 0 Å². The van der Waals surface area contributed by atoms with Gasteiger partial charge >= 0.3 is 0 Å². The largest absolute Gasteiger partial charge is 0.395 e. The number of β-amino-alcohol motifs (C(OH)–C–C–N with tert-alkyl or cyclic N) is 1. The van der Waals surface area contributed by atoms with Gasteiger partial charge in [-0.15, -0.1) is 11.3 Å². The van der Waals surface area contributed by atoms with E-state index in [1.54, 1.807) is 11.3 Å². The van der Waals surface area contributed by atoms with E-state index >= 15 is 0 Å². The van der Waals surface area contributed by atoms with Crippen LogP contribution >= 0.6 is 11.3 Å². The predicted molar refractivity (Wildman–Crippen MR) is 114 cm³/mol. The molecule has 8 nitrogen and oxygen atoms in total. The zero-order valence-corrected chi connectivity index (χ0v) is 17.6. The van der Waals surface area contributed by atoms with Gasteiger partial charge in [-0.05, 0) is 36.9 Å². The average molecular weight is 418 g/mol. The molecular weight excluding hydrogens is 390 g/mol. The highest BCUT2D eigenvalue weighted by Crippen LogP contribution is 2.26. The number of hydrogen-bond acceptors (Lipinski definition) is 6. The van der Waals surface area contributed by atoms with Crippen LogP contribution in [0.4, 0.5) is 0 Å². The van der Waals surface area contributed by atoms with Gasteiger partial charge in [0, 0.05) is 30.4 Å². The standard InChI is InChI=1S/C20H27N5O3S/c1-13(2)18-22-24(19(28)16-10-14-5-9-29-20(14)25(16)18)12-17(27)21-15-4-3-6-23(11-15)7-8-26/h5,9-10,13,15,26H,3-4,6-8,11-12H2,1-2H3,(H,21,27). The third kappa shape index (κ3) is 3.94. The molecule has 0 aliphatic carbocycles. The van der Waals surface area contributed by atoms with Crippen LogP contribution in [0.2, 0.25) is 0 Å². The molecule has 1 aliphatic heterocycles. The van der Waals surface area contributed by atoms with Crippen molar-refractivity contribution in [3.63, 3.8) is 0 Å². The van der Waals surface area contributed by atoms with E-state index in [2.05, 4.69) is 15.3 Å². The Balaban J connectivity index is 1.58. The van der Waals surface area contributed by atoms with Gasteiger partial charge in [-0.2, -0.15) is 5.10 Å². The van der Waals surface area contributed by atoms with Crippen LogP contribution in [0.25, 0.3) is 15.7 Å². The molecule has 1 aliphatic rings. The topological polar surface area (TPSA) is 91.9 Å². The first-order chi connectivity index (χ1) is 14.0. The van der Waals surface area contributed by atoms with Gasteiger partial charge in [0.1, 0.15) is 22.7 Å². The highest BCUT2D eigenvalue weighted by molar-refractivity contribution is 7.16. The lowest BCUT2D eigenvalue weighted by atomic mass is 10.1. The number of aliphatic hydroxyl groups excluding tert-OH is 1. The van der Waals surface area contributed by atoms with E-state index in [1.165, 1.54) is 4.68 Å². The summed E-state index contributed by atoms with van der Waals surface area (Å²) in [5, 5.41) is 19.7. The molecule has 1 atom stereocenters. The number of thiophene rings is 1. The summed E-state index contributed by atoms with van der Waals surface area (Å²) in [6, 6.07) is 3.91. The SMILES string of the molecule is CC(C)c1nn(CC(=O)NC2CCCN(CCO)C2)c(=O)c2cc3ccsc3n12. The molecule has 1 saturated heterocycles. The summed E-state index contributed by atoms with van der Waals surface area (Å²) >= 11 is 1.58. The highest BCUT2D eigenvalue weighted by atomic mass is 32.1. The van der Waals surface area contributed by atoms with Gasteiger partial charge in [0.15, 0.2) is 0 Å². The van der Waals surface area contributed by atoms with Crippen LogP contribution in [-0.2, 0) is 11.3 Å². The van der Waals surface area contributed by atoms with Crippen molar-refractivity contribution in [2.75, 3.05) is 26.2 Å². The fourth-order valence-electron chi connectivity index (χ4n) is 4.06. The maximum atomic E-state index is 13.0. The lowest BCUT2D eigenvalue weighted by molar-refractivity contribution is -0.123. The third-order valence-corrected chi connectivity index (χ3v) is 6.33. The van der Waals surface area contributed by atoms with Gasteiger partial charge in [0.25, 0.3) is 5.56 Å². The number of carbonyl (C=O) groups excluding carboxylic acids is 1. The molecule has 0 bridgehead atoms. The summed E-state index contributed by atoms with van der Waals surface area (Å²) < 4.78 is 3.22. The van der Waals surface area contributed by atoms with Gasteiger partial charge < -0.3 is 10.4 Å². The number of aliphatic hydroxyl groups is 1. The Morgan fingerprint density at radius 2 is 2.28 bits per heavy atom. The van der Waals surface area contributed by atoms with E-state index < -0.39 is 0 Å². The van der Waals surface area contributed by atoms with Crippen LogP contribution in [0.3, 0.4) is 0 Å². The molecule has 0 radical (unpaired) electrons. The molecule has 0 saturated carbocycles. The summed E-state index contributed by atoms with van der Waals surface area (Å²) in [7, 11) is 0. The molecule has 3 aromatic heterocycles. The van der Waals surface area contributed by atoms with Gasteiger partial charge in [-0.1, -0.05) is 13.8 Å². The van der Waals surface area contributed by atoms with E-state index in [9.17, 15) is 9.59 Å². The summed E-state index contributed by atoms with van der Waals surface area (Å²) in [6.07, 6.45) is 1.88. The Kier molecular flexibility index (Phi) is 5.71. The van der Waals surface area contributed by atoms with Crippen LogP contribution in [0.15, 0.2) is 22.3 Å². The Labute approximate surface area is 172 Å². The first kappa shape index (κ1) is 20.1. The number of aromatic nitrogens is 3. The second-order valence-corrected chi connectivity index (χ2v) is 8.85. The number of hydrogen-bond donors (Lipinski definition) is 2. The van der Waals surface area contributed by atoms with Crippen LogP contribution in [0, 0.1) is 0 Å². The minimum Gasteiger partial charge on any atom is -0.395 e. The smallest absolute Gasteiger partial charge is 0.291 e. The average Bonchev–Trinajstić information content (AvgIpc) is 3.26. The fraction of sp³-hybridized carbons (Fsp3) is 0.550. The van der Waals surface area contributed by atoms with E-state index in [4.69, 9.17) is 5.11 Å². The van der Waals surface area contributed by atoms with Crippen LogP contribution < -0.4 is 10.9 Å². The molecule has 1 fully saturated rings. The van der Waals surface area contributed by atoms with E-state index in [0.717, 1.165) is 42.0 Å². The van der Waals surface area contributed by atoms with Crippen molar-refractivity contribution in [1.82, 2.24) is 24.4 Å². The molecule has 0 spiro atoms. The Morgan fingerprint density at radius 3 is 3.03 bits per heavy atom. The van der Waals surface area contributed by atoms with E-state index in [0.29, 0.717) is 12.1 Å². The number of carbonyl (C=O) groups is 1. The Hall–Kier alpha value is -2.23. The molecule has 4 heterocycles. The van der Waals surface area contributed by atoms with Crippen molar-refractivity contribution in [3.8, 4) is 0 Å². The van der Waals surface area contributed by atoms with Crippen molar-refractivity contribution in [1.29, 1.82) is 0 Å². The lowest BCUT2D eigenvalue weighted by Crippen LogP contribution is -2.49. The molecule has 1 amide bonds. The second kappa shape index (κ2) is 8.25. The summed E-state index contributed by atoms with van der Waals surface area (Å²) in [5.41, 5.74) is 0.309. The minimum atomic E-state index is -0.251. The zero-order chi connectivity index (χ0) is 20.5. The number of amides is 1. The van der Waals surface area contributed by atoms with Gasteiger partial charge in [0.2, 0.25) is 5.91 Å². The molecular formula is C20H27N5O3S. The summed E-state index contributed by atoms with van der Waals surface area (Å²) in [4.78, 5) is 28.8. The first-order valence-electron chi connectivity index (χ1n) is 10.1. The molecule has 29 heavy (non-hydrogen) atoms. The summed E-state index contributed by atoms with van der Waals surface area (Å²) in [5.74, 6) is 0.676. The number of nitrogens with one attached hydrogen (secondary N) is 1. The first-order valence-corrected chi connectivity index (χ1v) is 11.0. The lowest BCUT2D eigenvalue weighted by Gasteiger charge is -2.32. The number of rotatable bonds is 6. The van der Waals surface area contributed by atoms with Crippen molar-refractivity contribution in [3.05, 3.63) is 33.7 Å². The van der Waals surface area contributed by atoms with Crippen LogP contribution in [0.5, 0.6) is 0 Å². The maximum Gasteiger partial charge on any atom is 0.291 e. The highest BCUT2D eigenvalue weighted by Gasteiger charge is 2.22. The summed E-state index contributed by atoms with van der Waals surface area (Å²) in [6.45, 7) is 6.37. The number of nitrogens with zero attached hydrogens (tertiary/aromatic N) is 4. The van der Waals surface area contributed by atoms with Crippen molar-refractivity contribution < 1.29 is 9.90 Å². The second-order valence-electron chi connectivity index (χ2n) is 7.95. The maximum absolute atomic E-state index is 13.0. The molecule has 156 valence electrons. The fourth-order valence-corrected chi connectivity index (χ4v) is 4.97. The van der Waals surface area contributed by atoms with Crippen LogP contribution in [-0.4, -0.2) is 62.4 Å². The molecule has 2 N–H and O–H groups in total. The van der Waals surface area contributed by atoms with E-state index in [1.807, 2.05) is 35.8 Å². The molecule has 1 unspecified atom stereocenters. The van der Waals surface area contributed by atoms with Crippen LogP contribution in [0.1, 0.15) is 38.4 Å². The van der Waals surface area contributed by atoms with Gasteiger partial charge in [0.05, 0.1) is 6.61 Å². The predicted octanol–water partition coefficient (Wildman–Crippen LogP) is 1.41.